The van der Waals surface area contributed by atoms with E-state index >= 15 is 0 Å². The van der Waals surface area contributed by atoms with Crippen molar-refractivity contribution in [1.29, 1.82) is 0 Å². The predicted molar refractivity (Wildman–Crippen MR) is 83.0 cm³/mol. The van der Waals surface area contributed by atoms with E-state index in [1.54, 1.807) is 0 Å². The maximum absolute atomic E-state index is 9.29. The lowest BCUT2D eigenvalue weighted by Gasteiger charge is -2.18. The van der Waals surface area contributed by atoms with Crippen LogP contribution in [0, 0.1) is 0 Å². The molecule has 0 spiro atoms. The Bertz CT molecular complexity index is 186. The van der Waals surface area contributed by atoms with Gasteiger partial charge in [-0.3, -0.25) is 0 Å². The molecule has 2 atom stereocenters. The van der Waals surface area contributed by atoms with Crippen molar-refractivity contribution in [1.82, 2.24) is 0 Å². The van der Waals surface area contributed by atoms with Crippen molar-refractivity contribution >= 4 is 111 Å². The van der Waals surface area contributed by atoms with Crippen molar-refractivity contribution in [2.45, 2.75) is 18.5 Å². The average Bonchev–Trinajstić information content (AvgIpc) is 2.08. The first-order valence-corrected chi connectivity index (χ1v) is 10.4. The number of halogens is 6. The monoisotopic (exact) mass is 422 g/mol. The van der Waals surface area contributed by atoms with Gasteiger partial charge in [-0.15, -0.1) is 0 Å². The third kappa shape index (κ3) is 9.04. The zero-order valence-electron chi connectivity index (χ0n) is 6.95. The molecule has 98 valence electrons. The molecule has 0 saturated heterocycles. The second-order valence-corrected chi connectivity index (χ2v) is 12.8. The van der Waals surface area contributed by atoms with Gasteiger partial charge >= 0.3 is 0 Å². The summed E-state index contributed by atoms with van der Waals surface area (Å²) in [6.45, 7) is 0. The number of aliphatic hydroxyl groups excluding tert-OH is 2. The molecule has 12 heteroatoms. The number of rotatable bonds is 5. The molecule has 16 heavy (non-hydrogen) atoms. The van der Waals surface area contributed by atoms with Crippen LogP contribution >= 0.6 is 111 Å². The largest absolute Gasteiger partial charge is 0.377 e. The molecule has 2 unspecified atom stereocenters. The van der Waals surface area contributed by atoms with Crippen LogP contribution < -0.4 is 0 Å². The Morgan fingerprint density at radius 2 is 0.938 bits per heavy atom. The maximum atomic E-state index is 9.29. The summed E-state index contributed by atoms with van der Waals surface area (Å²) in [7, 11) is 4.01. The summed E-state index contributed by atoms with van der Waals surface area (Å²) >= 11 is 32.5. The minimum atomic E-state index is -1.77. The van der Waals surface area contributed by atoms with Gasteiger partial charge in [-0.1, -0.05) is 69.6 Å². The van der Waals surface area contributed by atoms with Crippen molar-refractivity contribution in [2.75, 3.05) is 0 Å². The van der Waals surface area contributed by atoms with Crippen molar-refractivity contribution in [3.05, 3.63) is 0 Å². The molecular weight excluding hydrogens is 421 g/mol. The molecule has 0 radical (unpaired) electrons. The van der Waals surface area contributed by atoms with Gasteiger partial charge in [0, 0.05) is 0 Å². The van der Waals surface area contributed by atoms with Crippen LogP contribution in [-0.4, -0.2) is 28.7 Å². The fourth-order valence-corrected chi connectivity index (χ4v) is 7.55. The summed E-state index contributed by atoms with van der Waals surface area (Å²) in [5.41, 5.74) is -2.39. The van der Waals surface area contributed by atoms with Crippen LogP contribution in [0.4, 0.5) is 0 Å². The number of hydrogen-bond acceptors (Lipinski definition) is 6. The Balaban J connectivity index is 3.70. The van der Waals surface area contributed by atoms with E-state index in [-0.39, 0.29) is 0 Å². The molecule has 0 amide bonds. The van der Waals surface area contributed by atoms with Gasteiger partial charge < -0.3 is 10.2 Å². The molecule has 0 aliphatic rings. The van der Waals surface area contributed by atoms with Crippen molar-refractivity contribution in [3.8, 4) is 0 Å². The van der Waals surface area contributed by atoms with E-state index in [4.69, 9.17) is 69.6 Å². The third-order valence-electron chi connectivity index (χ3n) is 0.849. The molecule has 0 aliphatic heterocycles. The van der Waals surface area contributed by atoms with E-state index in [1.165, 1.54) is 0 Å². The summed E-state index contributed by atoms with van der Waals surface area (Å²) in [6.07, 6.45) is 0. The Morgan fingerprint density at radius 1 is 0.688 bits per heavy atom. The van der Waals surface area contributed by atoms with E-state index in [0.717, 1.165) is 41.2 Å². The molecule has 0 aromatic carbocycles. The maximum Gasteiger partial charge on any atom is 0.226 e. The molecule has 0 rings (SSSR count). The SMILES string of the molecule is OC(SSSSC(O)C(Cl)(Cl)Cl)C(Cl)(Cl)Cl. The minimum absolute atomic E-state index is 0.914. The van der Waals surface area contributed by atoms with Crippen LogP contribution in [0.1, 0.15) is 0 Å². The van der Waals surface area contributed by atoms with Crippen molar-refractivity contribution in [2.24, 2.45) is 0 Å². The number of hydrogen-bond donors (Lipinski definition) is 2. The van der Waals surface area contributed by atoms with Crippen LogP contribution in [0.3, 0.4) is 0 Å². The lowest BCUT2D eigenvalue weighted by Crippen LogP contribution is -2.20. The Hall–Kier alpha value is 3.06. The van der Waals surface area contributed by atoms with Gasteiger partial charge in [-0.05, 0) is 41.2 Å². The minimum Gasteiger partial charge on any atom is -0.377 e. The van der Waals surface area contributed by atoms with Crippen LogP contribution in [0.2, 0.25) is 0 Å². The highest BCUT2D eigenvalue weighted by Crippen LogP contribution is 2.52. The van der Waals surface area contributed by atoms with Gasteiger partial charge in [0.2, 0.25) is 7.59 Å². The topological polar surface area (TPSA) is 40.5 Å². The second kappa shape index (κ2) is 8.37. The molecule has 0 aromatic rings. The van der Waals surface area contributed by atoms with Gasteiger partial charge in [0.25, 0.3) is 0 Å². The molecule has 0 fully saturated rings. The van der Waals surface area contributed by atoms with Crippen LogP contribution in [0.15, 0.2) is 0 Å². The summed E-state index contributed by atoms with van der Waals surface area (Å²) < 4.78 is -3.53. The normalized spacial score (nSPS) is 17.2. The summed E-state index contributed by atoms with van der Waals surface area (Å²) in [6, 6.07) is 0. The van der Waals surface area contributed by atoms with Gasteiger partial charge in [0.05, 0.1) is 0 Å². The zero-order chi connectivity index (χ0) is 13.0. The third-order valence-corrected chi connectivity index (χ3v) is 9.30. The van der Waals surface area contributed by atoms with Crippen LogP contribution in [0.25, 0.3) is 0 Å². The first kappa shape index (κ1) is 19.1. The number of alkyl halides is 6. The smallest absolute Gasteiger partial charge is 0.226 e. The second-order valence-electron chi connectivity index (χ2n) is 2.12. The average molecular weight is 425 g/mol. The molecule has 0 aliphatic carbocycles. The molecule has 0 heterocycles. The number of aliphatic hydroxyl groups is 2. The lowest BCUT2D eigenvalue weighted by molar-refractivity contribution is 0.269. The predicted octanol–water partition coefficient (Wildman–Crippen LogP) is 5.04. The Morgan fingerprint density at radius 3 is 1.12 bits per heavy atom. The van der Waals surface area contributed by atoms with E-state index in [9.17, 15) is 10.2 Å². The first-order chi connectivity index (χ1) is 7.05. The quantitative estimate of drug-likeness (QED) is 0.279. The standard InChI is InChI=1S/C4H4Cl6O2S4/c5-3(6,7)1(11)13-15-16-14-2(12)4(8,9)10/h1-2,11-12H. The molecule has 2 N–H and O–H groups in total. The van der Waals surface area contributed by atoms with E-state index in [1.807, 2.05) is 0 Å². The highest BCUT2D eigenvalue weighted by Gasteiger charge is 2.33. The van der Waals surface area contributed by atoms with Gasteiger partial charge in [-0.2, -0.15) is 0 Å². The molecule has 2 nitrogen and oxygen atoms in total. The summed E-state index contributed by atoms with van der Waals surface area (Å²) in [5.74, 6) is 0. The van der Waals surface area contributed by atoms with E-state index in [2.05, 4.69) is 0 Å². The molecule has 0 aromatic heterocycles. The van der Waals surface area contributed by atoms with Gasteiger partial charge in [0.15, 0.2) is 10.9 Å². The fourth-order valence-electron chi connectivity index (χ4n) is 0.216. The highest BCUT2D eigenvalue weighted by molar-refractivity contribution is 9.26. The lowest BCUT2D eigenvalue weighted by atomic mass is 10.8. The van der Waals surface area contributed by atoms with Crippen molar-refractivity contribution in [3.63, 3.8) is 0 Å². The summed E-state index contributed by atoms with van der Waals surface area (Å²) in [5, 5.41) is 18.6. The summed E-state index contributed by atoms with van der Waals surface area (Å²) in [4.78, 5) is 0. The van der Waals surface area contributed by atoms with Gasteiger partial charge in [0.1, 0.15) is 0 Å². The fraction of sp³-hybridized carbons (Fsp3) is 1.00. The molecular formula is C4H4Cl6O2S4. The molecule has 0 bridgehead atoms. The van der Waals surface area contributed by atoms with Crippen LogP contribution in [0.5, 0.6) is 0 Å². The first-order valence-electron chi connectivity index (χ1n) is 3.20. The highest BCUT2D eigenvalue weighted by atomic mass is 35.6. The zero-order valence-corrected chi connectivity index (χ0v) is 14.8. The van der Waals surface area contributed by atoms with E-state index < -0.39 is 18.5 Å². The van der Waals surface area contributed by atoms with Crippen LogP contribution in [-0.2, 0) is 0 Å². The van der Waals surface area contributed by atoms with Crippen molar-refractivity contribution < 1.29 is 10.2 Å². The molecule has 0 saturated carbocycles. The Kier molecular flexibility index (Phi) is 9.97. The van der Waals surface area contributed by atoms with E-state index in [0.29, 0.717) is 0 Å². The Labute approximate surface area is 138 Å². The van der Waals surface area contributed by atoms with Gasteiger partial charge in [-0.25, -0.2) is 0 Å².